The number of nitrogen functional groups attached to an aromatic ring is 1. The number of carboxylic acids is 1. The number of nitrogens with zero attached hydrogens (tertiary/aromatic N) is 1. The number of aryl methyl sites for hydroxylation is 1. The topological polar surface area (TPSA) is 76.2 Å². The first-order chi connectivity index (χ1) is 7.58. The van der Waals surface area contributed by atoms with Gasteiger partial charge in [-0.05, 0) is 30.7 Å². The molecule has 0 saturated heterocycles. The lowest BCUT2D eigenvalue weighted by atomic mass is 10.1. The smallest absolute Gasteiger partial charge is 0.345 e. The summed E-state index contributed by atoms with van der Waals surface area (Å²) in [7, 11) is 0. The Kier molecular flexibility index (Phi) is 2.62. The summed E-state index contributed by atoms with van der Waals surface area (Å²) in [4.78, 5) is 16.0. The number of thiophene rings is 1. The van der Waals surface area contributed by atoms with Crippen LogP contribution in [0.2, 0.25) is 0 Å². The first kappa shape index (κ1) is 10.6. The third kappa shape index (κ3) is 1.90. The number of hydrogen-bond acceptors (Lipinski definition) is 4. The van der Waals surface area contributed by atoms with E-state index < -0.39 is 5.97 Å². The molecule has 0 aliphatic rings. The van der Waals surface area contributed by atoms with Crippen LogP contribution in [-0.2, 0) is 0 Å². The number of nitrogens with two attached hydrogens (primary N) is 1. The number of hydrogen-bond donors (Lipinski definition) is 2. The lowest BCUT2D eigenvalue weighted by molar-refractivity contribution is 0.0702. The summed E-state index contributed by atoms with van der Waals surface area (Å²) in [5, 5.41) is 8.83. The normalized spacial score (nSPS) is 10.3. The van der Waals surface area contributed by atoms with Gasteiger partial charge in [-0.1, -0.05) is 0 Å². The maximum atomic E-state index is 10.8. The molecular weight excluding hydrogens is 224 g/mol. The van der Waals surface area contributed by atoms with E-state index in [2.05, 4.69) is 4.98 Å². The molecule has 0 atom stereocenters. The Morgan fingerprint density at radius 3 is 2.81 bits per heavy atom. The van der Waals surface area contributed by atoms with Crippen LogP contribution in [0.15, 0.2) is 24.4 Å². The number of carboxylic acid groups (broad SMARTS) is 1. The van der Waals surface area contributed by atoms with Crippen molar-refractivity contribution in [3.8, 4) is 10.4 Å². The van der Waals surface area contributed by atoms with E-state index in [0.29, 0.717) is 10.7 Å². The van der Waals surface area contributed by atoms with Gasteiger partial charge in [-0.15, -0.1) is 11.3 Å². The summed E-state index contributed by atoms with van der Waals surface area (Å²) in [6.45, 7) is 1.92. The average Bonchev–Trinajstić information content (AvgIpc) is 2.66. The van der Waals surface area contributed by atoms with Gasteiger partial charge in [0.15, 0.2) is 0 Å². The van der Waals surface area contributed by atoms with Crippen molar-refractivity contribution in [2.45, 2.75) is 6.92 Å². The third-order valence-electron chi connectivity index (χ3n) is 2.21. The van der Waals surface area contributed by atoms with E-state index in [1.54, 1.807) is 24.4 Å². The Balaban J connectivity index is 2.46. The summed E-state index contributed by atoms with van der Waals surface area (Å²) >= 11 is 1.23. The van der Waals surface area contributed by atoms with E-state index in [1.807, 2.05) is 6.92 Å². The zero-order valence-corrected chi connectivity index (χ0v) is 9.41. The maximum Gasteiger partial charge on any atom is 0.345 e. The summed E-state index contributed by atoms with van der Waals surface area (Å²) in [6, 6.07) is 5.15. The zero-order chi connectivity index (χ0) is 11.7. The highest BCUT2D eigenvalue weighted by Crippen LogP contribution is 2.30. The standard InChI is InChI=1S/C11H10N2O2S/c1-6-4-10(12)13-5-7(6)8-2-3-9(16-8)11(14)15/h2-5H,1H3,(H2,12,13)(H,14,15). The summed E-state index contributed by atoms with van der Waals surface area (Å²) in [6.07, 6.45) is 1.67. The van der Waals surface area contributed by atoms with Gasteiger partial charge in [0.2, 0.25) is 0 Å². The number of aromatic nitrogens is 1. The van der Waals surface area contributed by atoms with Crippen LogP contribution in [0.1, 0.15) is 15.2 Å². The van der Waals surface area contributed by atoms with E-state index in [-0.39, 0.29) is 0 Å². The van der Waals surface area contributed by atoms with E-state index in [1.165, 1.54) is 11.3 Å². The third-order valence-corrected chi connectivity index (χ3v) is 3.32. The Morgan fingerprint density at radius 2 is 2.25 bits per heavy atom. The van der Waals surface area contributed by atoms with Crippen LogP contribution in [-0.4, -0.2) is 16.1 Å². The van der Waals surface area contributed by atoms with Crippen LogP contribution in [0.5, 0.6) is 0 Å². The monoisotopic (exact) mass is 234 g/mol. The molecular formula is C11H10N2O2S. The molecule has 0 radical (unpaired) electrons. The lowest BCUT2D eigenvalue weighted by Crippen LogP contribution is -1.91. The van der Waals surface area contributed by atoms with Crippen molar-refractivity contribution >= 4 is 23.1 Å². The number of rotatable bonds is 2. The highest BCUT2D eigenvalue weighted by atomic mass is 32.1. The van der Waals surface area contributed by atoms with Crippen LogP contribution in [0.4, 0.5) is 5.82 Å². The van der Waals surface area contributed by atoms with Gasteiger partial charge in [-0.25, -0.2) is 9.78 Å². The molecule has 0 bridgehead atoms. The average molecular weight is 234 g/mol. The van der Waals surface area contributed by atoms with Gasteiger partial charge in [0, 0.05) is 16.6 Å². The predicted octanol–water partition coefficient (Wildman–Crippen LogP) is 2.40. The van der Waals surface area contributed by atoms with Gasteiger partial charge >= 0.3 is 5.97 Å². The van der Waals surface area contributed by atoms with Crippen molar-refractivity contribution in [2.24, 2.45) is 0 Å². The molecule has 82 valence electrons. The van der Waals surface area contributed by atoms with Crippen molar-refractivity contribution in [3.05, 3.63) is 34.8 Å². The summed E-state index contributed by atoms with van der Waals surface area (Å²) < 4.78 is 0. The minimum Gasteiger partial charge on any atom is -0.477 e. The molecule has 0 aliphatic carbocycles. The molecule has 0 unspecified atom stereocenters. The van der Waals surface area contributed by atoms with E-state index in [4.69, 9.17) is 10.8 Å². The van der Waals surface area contributed by atoms with E-state index in [0.717, 1.165) is 16.0 Å². The lowest BCUT2D eigenvalue weighted by Gasteiger charge is -2.02. The minimum absolute atomic E-state index is 0.325. The fourth-order valence-corrected chi connectivity index (χ4v) is 2.35. The molecule has 2 aromatic rings. The molecule has 2 heterocycles. The van der Waals surface area contributed by atoms with Gasteiger partial charge < -0.3 is 10.8 Å². The summed E-state index contributed by atoms with van der Waals surface area (Å²) in [5.74, 6) is -0.437. The molecule has 0 saturated carbocycles. The fourth-order valence-electron chi connectivity index (χ4n) is 1.43. The second-order valence-corrected chi connectivity index (χ2v) is 4.48. The first-order valence-corrected chi connectivity index (χ1v) is 5.45. The maximum absolute atomic E-state index is 10.8. The molecule has 0 amide bonds. The van der Waals surface area contributed by atoms with Crippen LogP contribution >= 0.6 is 11.3 Å². The quantitative estimate of drug-likeness (QED) is 0.836. The number of anilines is 1. The van der Waals surface area contributed by atoms with Gasteiger partial charge in [0.05, 0.1) is 0 Å². The Hall–Kier alpha value is -1.88. The molecule has 4 nitrogen and oxygen atoms in total. The molecule has 2 aromatic heterocycles. The van der Waals surface area contributed by atoms with Gasteiger partial charge in [0.1, 0.15) is 10.7 Å². The highest BCUT2D eigenvalue weighted by Gasteiger charge is 2.10. The van der Waals surface area contributed by atoms with Crippen molar-refractivity contribution in [2.75, 3.05) is 5.73 Å². The van der Waals surface area contributed by atoms with E-state index in [9.17, 15) is 4.79 Å². The number of carbonyl (C=O) groups is 1. The van der Waals surface area contributed by atoms with Crippen molar-refractivity contribution in [3.63, 3.8) is 0 Å². The van der Waals surface area contributed by atoms with Crippen molar-refractivity contribution < 1.29 is 9.90 Å². The minimum atomic E-state index is -0.905. The van der Waals surface area contributed by atoms with Gasteiger partial charge in [-0.2, -0.15) is 0 Å². The van der Waals surface area contributed by atoms with Gasteiger partial charge in [-0.3, -0.25) is 0 Å². The Bertz CT molecular complexity index is 549. The van der Waals surface area contributed by atoms with Gasteiger partial charge in [0.25, 0.3) is 0 Å². The fraction of sp³-hybridized carbons (Fsp3) is 0.0909. The summed E-state index contributed by atoms with van der Waals surface area (Å²) in [5.41, 5.74) is 7.47. The molecule has 16 heavy (non-hydrogen) atoms. The van der Waals surface area contributed by atoms with Crippen molar-refractivity contribution in [1.82, 2.24) is 4.98 Å². The largest absolute Gasteiger partial charge is 0.477 e. The van der Waals surface area contributed by atoms with E-state index >= 15 is 0 Å². The molecule has 0 aliphatic heterocycles. The van der Waals surface area contributed by atoms with Crippen molar-refractivity contribution in [1.29, 1.82) is 0 Å². The molecule has 0 fully saturated rings. The zero-order valence-electron chi connectivity index (χ0n) is 8.60. The number of pyridine rings is 1. The highest BCUT2D eigenvalue weighted by molar-refractivity contribution is 7.17. The molecule has 2 rings (SSSR count). The van der Waals surface area contributed by atoms with Crippen LogP contribution < -0.4 is 5.73 Å². The molecule has 5 heteroatoms. The van der Waals surface area contributed by atoms with Crippen LogP contribution in [0, 0.1) is 6.92 Å². The Morgan fingerprint density at radius 1 is 1.50 bits per heavy atom. The second-order valence-electron chi connectivity index (χ2n) is 3.39. The second kappa shape index (κ2) is 3.94. The molecule has 0 aromatic carbocycles. The molecule has 3 N–H and O–H groups in total. The number of aromatic carboxylic acids is 1. The molecule has 0 spiro atoms. The van der Waals surface area contributed by atoms with Crippen LogP contribution in [0.3, 0.4) is 0 Å². The predicted molar refractivity (Wildman–Crippen MR) is 63.7 cm³/mol. The first-order valence-electron chi connectivity index (χ1n) is 4.63. The SMILES string of the molecule is Cc1cc(N)ncc1-c1ccc(C(=O)O)s1. The van der Waals surface area contributed by atoms with Crippen LogP contribution in [0.25, 0.3) is 10.4 Å². The Labute approximate surface area is 96.4 Å².